The molecule has 1 aliphatic heterocycles. The monoisotopic (exact) mass is 359 g/mol. The second-order valence-electron chi connectivity index (χ2n) is 7.18. The molecule has 1 aliphatic carbocycles. The Hall–Kier alpha value is -2.23. The highest BCUT2D eigenvalue weighted by Crippen LogP contribution is 2.38. The van der Waals surface area contributed by atoms with Crippen molar-refractivity contribution in [2.24, 2.45) is 0 Å². The number of benzene rings is 1. The minimum absolute atomic E-state index is 0.00863. The fraction of sp³-hybridized carbons (Fsp3) is 0.364. The molecule has 1 heterocycles. The van der Waals surface area contributed by atoms with Crippen molar-refractivity contribution in [3.05, 3.63) is 75.9 Å². The molecule has 0 saturated heterocycles. The van der Waals surface area contributed by atoms with E-state index >= 15 is 0 Å². The Balaban J connectivity index is 2.10. The molecule has 0 radical (unpaired) electrons. The standard InChI is InChI=1S/C22H24F3N/c1-14-11-15(2)16(3)19(12-14)21-13-17(9-10-22(23,24)25)18-7-5-6-8-20(18)26(21)4/h5-8,11-13,20H,9-10H2,1-4H3. The average Bonchev–Trinajstić information content (AvgIpc) is 2.57. The summed E-state index contributed by atoms with van der Waals surface area (Å²) < 4.78 is 38.4. The van der Waals surface area contributed by atoms with Crippen LogP contribution in [-0.2, 0) is 0 Å². The highest BCUT2D eigenvalue weighted by Gasteiger charge is 2.31. The predicted molar refractivity (Wildman–Crippen MR) is 101 cm³/mol. The highest BCUT2D eigenvalue weighted by atomic mass is 19.4. The Kier molecular flexibility index (Phi) is 4.87. The molecule has 0 spiro atoms. The van der Waals surface area contributed by atoms with Crippen LogP contribution in [0.15, 0.2) is 53.7 Å². The van der Waals surface area contributed by atoms with Crippen LogP contribution in [-0.4, -0.2) is 24.2 Å². The number of hydrogen-bond acceptors (Lipinski definition) is 1. The number of likely N-dealkylation sites (N-methyl/N-ethyl adjacent to an activating group) is 1. The van der Waals surface area contributed by atoms with Gasteiger partial charge in [0.25, 0.3) is 0 Å². The van der Waals surface area contributed by atoms with Gasteiger partial charge in [0.15, 0.2) is 0 Å². The number of alkyl halides is 3. The topological polar surface area (TPSA) is 3.24 Å². The van der Waals surface area contributed by atoms with Gasteiger partial charge >= 0.3 is 6.18 Å². The van der Waals surface area contributed by atoms with Gasteiger partial charge in [0.1, 0.15) is 0 Å². The predicted octanol–water partition coefficient (Wildman–Crippen LogP) is 6.03. The first-order chi connectivity index (χ1) is 12.2. The average molecular weight is 359 g/mol. The maximum absolute atomic E-state index is 12.8. The molecule has 2 aliphatic rings. The Morgan fingerprint density at radius 2 is 1.81 bits per heavy atom. The summed E-state index contributed by atoms with van der Waals surface area (Å²) in [7, 11) is 2.01. The molecule has 0 bridgehead atoms. The van der Waals surface area contributed by atoms with Crippen LogP contribution in [0, 0.1) is 20.8 Å². The molecule has 0 aromatic heterocycles. The zero-order valence-electron chi connectivity index (χ0n) is 15.6. The van der Waals surface area contributed by atoms with E-state index in [1.807, 2.05) is 37.4 Å². The molecule has 0 fully saturated rings. The van der Waals surface area contributed by atoms with Crippen LogP contribution in [0.5, 0.6) is 0 Å². The van der Waals surface area contributed by atoms with Crippen molar-refractivity contribution in [3.8, 4) is 0 Å². The van der Waals surface area contributed by atoms with Crippen LogP contribution in [0.1, 0.15) is 35.1 Å². The van der Waals surface area contributed by atoms with E-state index in [1.54, 1.807) is 0 Å². The first-order valence-corrected chi connectivity index (χ1v) is 8.85. The second-order valence-corrected chi connectivity index (χ2v) is 7.18. The van der Waals surface area contributed by atoms with Gasteiger partial charge in [-0.3, -0.25) is 0 Å². The van der Waals surface area contributed by atoms with Crippen molar-refractivity contribution in [1.82, 2.24) is 4.90 Å². The first-order valence-electron chi connectivity index (χ1n) is 8.85. The summed E-state index contributed by atoms with van der Waals surface area (Å²) in [6.07, 6.45) is 4.86. The minimum Gasteiger partial charge on any atom is -0.364 e. The fourth-order valence-corrected chi connectivity index (χ4v) is 3.73. The van der Waals surface area contributed by atoms with Gasteiger partial charge in [-0.1, -0.05) is 35.9 Å². The summed E-state index contributed by atoms with van der Waals surface area (Å²) in [5, 5.41) is 0. The van der Waals surface area contributed by atoms with Crippen LogP contribution in [0.2, 0.25) is 0 Å². The van der Waals surface area contributed by atoms with Gasteiger partial charge in [-0.15, -0.1) is 0 Å². The number of hydrogen-bond donors (Lipinski definition) is 0. The molecule has 0 amide bonds. The third kappa shape index (κ3) is 3.64. The number of allylic oxidation sites excluding steroid dienone is 4. The van der Waals surface area contributed by atoms with E-state index in [1.165, 1.54) is 11.1 Å². The normalized spacial score (nSPS) is 19.7. The summed E-state index contributed by atoms with van der Waals surface area (Å²) in [5.41, 5.74) is 7.34. The maximum Gasteiger partial charge on any atom is 0.389 e. The third-order valence-electron chi connectivity index (χ3n) is 5.24. The van der Waals surface area contributed by atoms with Crippen molar-refractivity contribution in [2.45, 2.75) is 45.8 Å². The zero-order valence-corrected chi connectivity index (χ0v) is 15.6. The Labute approximate surface area is 153 Å². The highest BCUT2D eigenvalue weighted by molar-refractivity contribution is 5.74. The molecule has 1 atom stereocenters. The van der Waals surface area contributed by atoms with Gasteiger partial charge in [0.2, 0.25) is 0 Å². The van der Waals surface area contributed by atoms with Crippen LogP contribution < -0.4 is 0 Å². The van der Waals surface area contributed by atoms with Gasteiger partial charge in [-0.05, 0) is 61.6 Å². The molecular weight excluding hydrogens is 335 g/mol. The van der Waals surface area contributed by atoms with Gasteiger partial charge in [-0.2, -0.15) is 13.2 Å². The molecule has 0 saturated carbocycles. The fourth-order valence-electron chi connectivity index (χ4n) is 3.73. The van der Waals surface area contributed by atoms with Crippen LogP contribution in [0.3, 0.4) is 0 Å². The lowest BCUT2D eigenvalue weighted by molar-refractivity contribution is -0.133. The summed E-state index contributed by atoms with van der Waals surface area (Å²) >= 11 is 0. The molecule has 1 unspecified atom stereocenters. The number of rotatable bonds is 3. The van der Waals surface area contributed by atoms with E-state index in [9.17, 15) is 13.2 Å². The number of aryl methyl sites for hydroxylation is 2. The van der Waals surface area contributed by atoms with E-state index in [0.717, 1.165) is 28.0 Å². The van der Waals surface area contributed by atoms with Crippen molar-refractivity contribution < 1.29 is 13.2 Å². The van der Waals surface area contributed by atoms with Crippen LogP contribution in [0.25, 0.3) is 5.70 Å². The van der Waals surface area contributed by atoms with Crippen LogP contribution >= 0.6 is 0 Å². The van der Waals surface area contributed by atoms with E-state index in [4.69, 9.17) is 0 Å². The molecule has 0 N–H and O–H groups in total. The largest absolute Gasteiger partial charge is 0.389 e. The summed E-state index contributed by atoms with van der Waals surface area (Å²) in [5.74, 6) is 0. The van der Waals surface area contributed by atoms with Gasteiger partial charge < -0.3 is 4.90 Å². The van der Waals surface area contributed by atoms with Crippen molar-refractivity contribution in [2.75, 3.05) is 7.05 Å². The third-order valence-corrected chi connectivity index (χ3v) is 5.24. The lowest BCUT2D eigenvalue weighted by Gasteiger charge is -2.38. The lowest BCUT2D eigenvalue weighted by atomic mass is 9.86. The maximum atomic E-state index is 12.8. The number of halogens is 3. The molecule has 26 heavy (non-hydrogen) atoms. The van der Waals surface area contributed by atoms with E-state index in [0.29, 0.717) is 0 Å². The van der Waals surface area contributed by atoms with Crippen molar-refractivity contribution in [1.29, 1.82) is 0 Å². The first kappa shape index (κ1) is 18.6. The number of fused-ring (bicyclic) bond motifs is 1. The summed E-state index contributed by atoms with van der Waals surface area (Å²) in [6.45, 7) is 6.20. The summed E-state index contributed by atoms with van der Waals surface area (Å²) in [4.78, 5) is 2.16. The Morgan fingerprint density at radius 3 is 2.50 bits per heavy atom. The minimum atomic E-state index is -4.15. The Morgan fingerprint density at radius 1 is 1.08 bits per heavy atom. The Bertz CT molecular complexity index is 838. The smallest absolute Gasteiger partial charge is 0.364 e. The van der Waals surface area contributed by atoms with Gasteiger partial charge in [0, 0.05) is 24.7 Å². The molecular formula is C22H24F3N. The molecule has 3 rings (SSSR count). The molecule has 1 aromatic carbocycles. The van der Waals surface area contributed by atoms with E-state index in [2.05, 4.69) is 37.8 Å². The van der Waals surface area contributed by atoms with Gasteiger partial charge in [-0.25, -0.2) is 0 Å². The quantitative estimate of drug-likeness (QED) is 0.637. The van der Waals surface area contributed by atoms with Gasteiger partial charge in [0.05, 0.1) is 6.04 Å². The van der Waals surface area contributed by atoms with Crippen molar-refractivity contribution in [3.63, 3.8) is 0 Å². The second kappa shape index (κ2) is 6.82. The lowest BCUT2D eigenvalue weighted by Crippen LogP contribution is -2.34. The zero-order chi connectivity index (χ0) is 19.1. The van der Waals surface area contributed by atoms with E-state index < -0.39 is 12.6 Å². The SMILES string of the molecule is Cc1cc(C)c(C)c(C2=CC(CCC(F)(F)F)=C3C=CC=CC3N2C)c1. The van der Waals surface area contributed by atoms with E-state index in [-0.39, 0.29) is 12.5 Å². The van der Waals surface area contributed by atoms with Crippen molar-refractivity contribution >= 4 is 5.70 Å². The molecule has 1 nitrogen and oxygen atoms in total. The number of nitrogens with zero attached hydrogens (tertiary/aromatic N) is 1. The van der Waals surface area contributed by atoms with Crippen LogP contribution in [0.4, 0.5) is 13.2 Å². The molecule has 4 heteroatoms. The molecule has 138 valence electrons. The summed E-state index contributed by atoms with van der Waals surface area (Å²) in [6, 6.07) is 4.24. The molecule has 1 aromatic rings.